The molecular weight excluding hydrogens is 332 g/mol. The summed E-state index contributed by atoms with van der Waals surface area (Å²) in [4.78, 5) is 26.9. The third-order valence-electron chi connectivity index (χ3n) is 3.74. The van der Waals surface area contributed by atoms with E-state index in [-0.39, 0.29) is 12.5 Å². The molecule has 1 aromatic heterocycles. The van der Waals surface area contributed by atoms with Gasteiger partial charge >= 0.3 is 0 Å². The van der Waals surface area contributed by atoms with Crippen LogP contribution in [-0.2, 0) is 4.79 Å². The molecule has 0 aliphatic heterocycles. The average Bonchev–Trinajstić information content (AvgIpc) is 3.14. The van der Waals surface area contributed by atoms with E-state index in [1.165, 1.54) is 0 Å². The van der Waals surface area contributed by atoms with Crippen LogP contribution in [0.4, 0.5) is 0 Å². The number of hydrazone groups is 1. The first-order chi connectivity index (χ1) is 12.7. The number of carbonyl (C=O) groups is 2. The molecule has 3 rings (SSSR count). The molecule has 0 saturated carbocycles. The number of benzene rings is 2. The molecular formula is C19H18N4O3. The molecule has 0 spiro atoms. The van der Waals surface area contributed by atoms with Crippen LogP contribution in [0.25, 0.3) is 10.9 Å². The number of aromatic nitrogens is 1. The summed E-state index contributed by atoms with van der Waals surface area (Å²) >= 11 is 0. The summed E-state index contributed by atoms with van der Waals surface area (Å²) in [5.41, 5.74) is 4.73. The molecule has 26 heavy (non-hydrogen) atoms. The number of methoxy groups -OCH3 is 1. The largest absolute Gasteiger partial charge is 0.497 e. The van der Waals surface area contributed by atoms with Gasteiger partial charge < -0.3 is 15.0 Å². The van der Waals surface area contributed by atoms with E-state index in [1.807, 2.05) is 30.5 Å². The molecule has 0 atom stereocenters. The minimum absolute atomic E-state index is 0.168. The van der Waals surface area contributed by atoms with Crippen LogP contribution in [0.3, 0.4) is 0 Å². The quantitative estimate of drug-likeness (QED) is 0.469. The number of rotatable bonds is 6. The Bertz CT molecular complexity index is 945. The number of nitrogens with zero attached hydrogens (tertiary/aromatic N) is 1. The Kier molecular flexibility index (Phi) is 5.28. The molecule has 2 aromatic carbocycles. The number of hydrogen-bond acceptors (Lipinski definition) is 4. The molecule has 132 valence electrons. The minimum Gasteiger partial charge on any atom is -0.497 e. The van der Waals surface area contributed by atoms with E-state index in [4.69, 9.17) is 4.74 Å². The number of aromatic amines is 1. The highest BCUT2D eigenvalue weighted by Crippen LogP contribution is 2.13. The zero-order chi connectivity index (χ0) is 18.4. The molecule has 0 bridgehead atoms. The van der Waals surface area contributed by atoms with Crippen molar-refractivity contribution in [3.8, 4) is 5.75 Å². The van der Waals surface area contributed by atoms with Crippen LogP contribution >= 0.6 is 0 Å². The molecule has 0 unspecified atom stereocenters. The molecule has 0 aliphatic rings. The van der Waals surface area contributed by atoms with E-state index < -0.39 is 5.91 Å². The summed E-state index contributed by atoms with van der Waals surface area (Å²) in [6.07, 6.45) is 3.41. The van der Waals surface area contributed by atoms with Crippen molar-refractivity contribution in [3.05, 3.63) is 65.9 Å². The second kappa shape index (κ2) is 7.98. The van der Waals surface area contributed by atoms with Crippen LogP contribution in [0.5, 0.6) is 5.75 Å². The zero-order valence-corrected chi connectivity index (χ0v) is 14.2. The fourth-order valence-electron chi connectivity index (χ4n) is 2.38. The number of carbonyl (C=O) groups excluding carboxylic acids is 2. The van der Waals surface area contributed by atoms with Gasteiger partial charge in [0.05, 0.1) is 19.9 Å². The fourth-order valence-corrected chi connectivity index (χ4v) is 2.38. The lowest BCUT2D eigenvalue weighted by molar-refractivity contribution is -0.120. The van der Waals surface area contributed by atoms with Crippen LogP contribution in [0.15, 0.2) is 59.8 Å². The minimum atomic E-state index is -0.411. The van der Waals surface area contributed by atoms with Crippen molar-refractivity contribution in [2.75, 3.05) is 13.7 Å². The lowest BCUT2D eigenvalue weighted by atomic mass is 10.2. The van der Waals surface area contributed by atoms with Crippen molar-refractivity contribution in [2.45, 2.75) is 0 Å². The molecule has 2 amide bonds. The molecule has 0 fully saturated rings. The maximum atomic E-state index is 12.0. The summed E-state index contributed by atoms with van der Waals surface area (Å²) in [7, 11) is 1.55. The summed E-state index contributed by atoms with van der Waals surface area (Å²) in [5, 5.41) is 7.50. The third-order valence-corrected chi connectivity index (χ3v) is 3.74. The van der Waals surface area contributed by atoms with Gasteiger partial charge in [0, 0.05) is 17.3 Å². The lowest BCUT2D eigenvalue weighted by Crippen LogP contribution is -2.34. The SMILES string of the molecule is COc1ccc(C(=O)NCC(=O)NN=Cc2ccc3[nH]ccc3c2)cc1. The summed E-state index contributed by atoms with van der Waals surface area (Å²) in [6, 6.07) is 14.4. The number of nitrogens with one attached hydrogen (secondary N) is 3. The van der Waals surface area contributed by atoms with Gasteiger partial charge in [0.15, 0.2) is 0 Å². The average molecular weight is 350 g/mol. The maximum Gasteiger partial charge on any atom is 0.259 e. The summed E-state index contributed by atoms with van der Waals surface area (Å²) in [6.45, 7) is -0.168. The van der Waals surface area contributed by atoms with Gasteiger partial charge in [-0.1, -0.05) is 6.07 Å². The number of ether oxygens (including phenoxy) is 1. The number of fused-ring (bicyclic) bond motifs is 1. The van der Waals surface area contributed by atoms with Crippen molar-refractivity contribution >= 4 is 28.9 Å². The molecule has 0 aliphatic carbocycles. The van der Waals surface area contributed by atoms with Gasteiger partial charge in [-0.05, 0) is 53.4 Å². The Morgan fingerprint density at radius 2 is 1.96 bits per heavy atom. The Morgan fingerprint density at radius 3 is 2.73 bits per heavy atom. The van der Waals surface area contributed by atoms with Gasteiger partial charge in [-0.25, -0.2) is 5.43 Å². The van der Waals surface area contributed by atoms with E-state index in [1.54, 1.807) is 37.6 Å². The number of hydrogen-bond donors (Lipinski definition) is 3. The molecule has 3 N–H and O–H groups in total. The summed E-state index contributed by atoms with van der Waals surface area (Å²) < 4.78 is 5.03. The molecule has 7 nitrogen and oxygen atoms in total. The second-order valence-electron chi connectivity index (χ2n) is 5.53. The van der Waals surface area contributed by atoms with E-state index >= 15 is 0 Å². The van der Waals surface area contributed by atoms with E-state index in [0.29, 0.717) is 11.3 Å². The highest BCUT2D eigenvalue weighted by Gasteiger charge is 2.07. The predicted molar refractivity (Wildman–Crippen MR) is 99.4 cm³/mol. The van der Waals surface area contributed by atoms with Gasteiger partial charge in [-0.15, -0.1) is 0 Å². The van der Waals surface area contributed by atoms with Crippen molar-refractivity contribution in [3.63, 3.8) is 0 Å². The first kappa shape index (κ1) is 17.2. The third kappa shape index (κ3) is 4.27. The molecule has 7 heteroatoms. The van der Waals surface area contributed by atoms with E-state index in [9.17, 15) is 9.59 Å². The van der Waals surface area contributed by atoms with Crippen LogP contribution in [-0.4, -0.2) is 36.7 Å². The highest BCUT2D eigenvalue weighted by molar-refractivity contribution is 5.96. The topological polar surface area (TPSA) is 95.6 Å². The Labute approximate surface area is 150 Å². The Balaban J connectivity index is 1.47. The first-order valence-corrected chi connectivity index (χ1v) is 7.97. The van der Waals surface area contributed by atoms with Crippen molar-refractivity contribution in [1.29, 1.82) is 0 Å². The molecule has 0 saturated heterocycles. The normalized spacial score (nSPS) is 10.8. The summed E-state index contributed by atoms with van der Waals surface area (Å²) in [5.74, 6) is -0.0954. The number of amides is 2. The Morgan fingerprint density at radius 1 is 1.15 bits per heavy atom. The van der Waals surface area contributed by atoms with Gasteiger partial charge in [0.2, 0.25) is 0 Å². The fraction of sp³-hybridized carbons (Fsp3) is 0.105. The monoisotopic (exact) mass is 350 g/mol. The second-order valence-corrected chi connectivity index (χ2v) is 5.53. The zero-order valence-electron chi connectivity index (χ0n) is 14.2. The first-order valence-electron chi connectivity index (χ1n) is 7.97. The predicted octanol–water partition coefficient (Wildman–Crippen LogP) is 2.06. The van der Waals surface area contributed by atoms with Gasteiger partial charge in [-0.3, -0.25) is 9.59 Å². The molecule has 1 heterocycles. The molecule has 3 aromatic rings. The Hall–Kier alpha value is -3.61. The van der Waals surface area contributed by atoms with Crippen LogP contribution in [0.1, 0.15) is 15.9 Å². The van der Waals surface area contributed by atoms with Gasteiger partial charge in [0.25, 0.3) is 11.8 Å². The van der Waals surface area contributed by atoms with Crippen LogP contribution < -0.4 is 15.5 Å². The van der Waals surface area contributed by atoms with Gasteiger partial charge in [-0.2, -0.15) is 5.10 Å². The number of H-pyrrole nitrogens is 1. The maximum absolute atomic E-state index is 12.0. The van der Waals surface area contributed by atoms with Crippen molar-refractivity contribution in [2.24, 2.45) is 5.10 Å². The highest BCUT2D eigenvalue weighted by atomic mass is 16.5. The van der Waals surface area contributed by atoms with E-state index in [0.717, 1.165) is 16.5 Å². The van der Waals surface area contributed by atoms with Crippen molar-refractivity contribution < 1.29 is 14.3 Å². The molecule has 0 radical (unpaired) electrons. The van der Waals surface area contributed by atoms with E-state index in [2.05, 4.69) is 20.8 Å². The van der Waals surface area contributed by atoms with Crippen LogP contribution in [0.2, 0.25) is 0 Å². The smallest absolute Gasteiger partial charge is 0.259 e. The van der Waals surface area contributed by atoms with Crippen LogP contribution in [0, 0.1) is 0 Å². The lowest BCUT2D eigenvalue weighted by Gasteiger charge is -2.05. The van der Waals surface area contributed by atoms with Crippen molar-refractivity contribution in [1.82, 2.24) is 15.7 Å². The van der Waals surface area contributed by atoms with Gasteiger partial charge in [0.1, 0.15) is 5.75 Å². The standard InChI is InChI=1S/C19H18N4O3/c1-26-16-5-3-14(4-6-16)19(25)21-12-18(24)23-22-11-13-2-7-17-15(10-13)8-9-20-17/h2-11,20H,12H2,1H3,(H,21,25)(H,23,24).